The maximum atomic E-state index is 13.1. The zero-order chi connectivity index (χ0) is 30.0. The van der Waals surface area contributed by atoms with E-state index in [9.17, 15) is 18.0 Å². The molecule has 0 atom stereocenters. The van der Waals surface area contributed by atoms with Crippen molar-refractivity contribution in [3.8, 4) is 22.6 Å². The van der Waals surface area contributed by atoms with Crippen LogP contribution in [0.25, 0.3) is 22.0 Å². The third kappa shape index (κ3) is 5.85. The van der Waals surface area contributed by atoms with Gasteiger partial charge in [0.2, 0.25) is 0 Å². The second kappa shape index (κ2) is 12.1. The number of H-pyrrole nitrogens is 1. The van der Waals surface area contributed by atoms with Crippen molar-refractivity contribution < 1.29 is 22.7 Å². The number of carbonyl (C=O) groups is 1. The minimum Gasteiger partial charge on any atom is -0.456 e. The number of nitrogens with one attached hydrogen (secondary N) is 2. The van der Waals surface area contributed by atoms with E-state index in [0.29, 0.717) is 54.3 Å². The molecule has 10 nitrogen and oxygen atoms in total. The first-order chi connectivity index (χ1) is 20.1. The van der Waals surface area contributed by atoms with Crippen molar-refractivity contribution in [3.63, 3.8) is 0 Å². The smallest absolute Gasteiger partial charge is 0.274 e. The monoisotopic (exact) mass is 592 g/mol. The molecular weight excluding hydrogens is 556 g/mol. The lowest BCUT2D eigenvalue weighted by atomic mass is 10.0. The molecule has 0 unspecified atom stereocenters. The van der Waals surface area contributed by atoms with E-state index >= 15 is 0 Å². The Balaban J connectivity index is 1.69. The SMILES string of the molecule is CCNC(=O)c1cc2c(-c3cc(S(=O)(=O)CC)ccc3Oc3c(C)cccc3CN3CCOCC3)cn(C)c(=O)c2[nH]1. The first-order valence-electron chi connectivity index (χ1n) is 14.1. The fourth-order valence-electron chi connectivity index (χ4n) is 5.19. The Bertz CT molecular complexity index is 1800. The molecule has 1 saturated heterocycles. The number of fused-ring (bicyclic) bond motifs is 1. The second-order valence-corrected chi connectivity index (χ2v) is 12.7. The Morgan fingerprint density at radius 1 is 1.10 bits per heavy atom. The van der Waals surface area contributed by atoms with Crippen molar-refractivity contribution in [1.82, 2.24) is 19.8 Å². The summed E-state index contributed by atoms with van der Waals surface area (Å²) in [6.45, 7) is 9.48. The van der Waals surface area contributed by atoms with Crippen LogP contribution < -0.4 is 15.6 Å². The Hall–Kier alpha value is -3.93. The molecule has 2 aromatic carbocycles. The summed E-state index contributed by atoms with van der Waals surface area (Å²) in [7, 11) is -1.94. The van der Waals surface area contributed by atoms with Gasteiger partial charge in [0.05, 0.1) is 23.9 Å². The van der Waals surface area contributed by atoms with Crippen LogP contribution in [0.15, 0.2) is 58.4 Å². The minimum absolute atomic E-state index is 0.0672. The number of rotatable bonds is 9. The number of para-hydroxylation sites is 1. The molecule has 4 aromatic rings. The largest absolute Gasteiger partial charge is 0.456 e. The highest BCUT2D eigenvalue weighted by Crippen LogP contribution is 2.40. The lowest BCUT2D eigenvalue weighted by Gasteiger charge is -2.27. The van der Waals surface area contributed by atoms with Gasteiger partial charge in [-0.1, -0.05) is 25.1 Å². The van der Waals surface area contributed by atoms with Gasteiger partial charge in [0.25, 0.3) is 11.5 Å². The quantitative estimate of drug-likeness (QED) is 0.301. The van der Waals surface area contributed by atoms with Gasteiger partial charge in [-0.3, -0.25) is 14.5 Å². The average molecular weight is 593 g/mol. The number of pyridine rings is 1. The van der Waals surface area contributed by atoms with Crippen molar-refractivity contribution in [1.29, 1.82) is 0 Å². The predicted octanol–water partition coefficient (Wildman–Crippen LogP) is 4.01. The van der Waals surface area contributed by atoms with Crippen LogP contribution >= 0.6 is 0 Å². The van der Waals surface area contributed by atoms with Crippen LogP contribution in [0.2, 0.25) is 0 Å². The number of hydrogen-bond acceptors (Lipinski definition) is 7. The van der Waals surface area contributed by atoms with Crippen molar-refractivity contribution in [3.05, 3.63) is 75.8 Å². The maximum Gasteiger partial charge on any atom is 0.274 e. The molecule has 1 amide bonds. The number of aromatic amines is 1. The van der Waals surface area contributed by atoms with Gasteiger partial charge in [-0.2, -0.15) is 0 Å². The zero-order valence-electron chi connectivity index (χ0n) is 24.3. The molecule has 5 rings (SSSR count). The number of sulfone groups is 1. The average Bonchev–Trinajstić information content (AvgIpc) is 3.44. The summed E-state index contributed by atoms with van der Waals surface area (Å²) in [6, 6.07) is 12.4. The fourth-order valence-corrected chi connectivity index (χ4v) is 6.10. The Morgan fingerprint density at radius 3 is 2.57 bits per heavy atom. The summed E-state index contributed by atoms with van der Waals surface area (Å²) in [6.07, 6.45) is 1.65. The van der Waals surface area contributed by atoms with Gasteiger partial charge in [0.15, 0.2) is 9.84 Å². The van der Waals surface area contributed by atoms with Crippen molar-refractivity contribution in [2.45, 2.75) is 32.2 Å². The molecule has 42 heavy (non-hydrogen) atoms. The third-order valence-corrected chi connectivity index (χ3v) is 9.26. The van der Waals surface area contributed by atoms with Gasteiger partial charge >= 0.3 is 0 Å². The molecule has 0 spiro atoms. The molecule has 1 aliphatic rings. The highest BCUT2D eigenvalue weighted by Gasteiger charge is 2.23. The van der Waals surface area contributed by atoms with E-state index in [0.717, 1.165) is 24.2 Å². The van der Waals surface area contributed by atoms with Crippen molar-refractivity contribution in [2.24, 2.45) is 7.05 Å². The van der Waals surface area contributed by atoms with E-state index in [1.807, 2.05) is 32.0 Å². The van der Waals surface area contributed by atoms with E-state index in [4.69, 9.17) is 9.47 Å². The van der Waals surface area contributed by atoms with E-state index < -0.39 is 9.84 Å². The molecule has 11 heteroatoms. The molecule has 2 aromatic heterocycles. The summed E-state index contributed by atoms with van der Waals surface area (Å²) in [5, 5.41) is 3.24. The molecular formula is C31H36N4O6S. The summed E-state index contributed by atoms with van der Waals surface area (Å²) >= 11 is 0. The van der Waals surface area contributed by atoms with Crippen molar-refractivity contribution >= 4 is 26.6 Å². The number of amides is 1. The van der Waals surface area contributed by atoms with Gasteiger partial charge < -0.3 is 24.3 Å². The van der Waals surface area contributed by atoms with Gasteiger partial charge in [0, 0.05) is 61.5 Å². The zero-order valence-corrected chi connectivity index (χ0v) is 25.1. The highest BCUT2D eigenvalue weighted by atomic mass is 32.2. The van der Waals surface area contributed by atoms with Crippen LogP contribution in [0, 0.1) is 6.92 Å². The van der Waals surface area contributed by atoms with Crippen LogP contribution in [-0.4, -0.2) is 67.4 Å². The molecule has 222 valence electrons. The van der Waals surface area contributed by atoms with E-state index in [1.54, 1.807) is 44.4 Å². The highest BCUT2D eigenvalue weighted by molar-refractivity contribution is 7.91. The number of benzene rings is 2. The van der Waals surface area contributed by atoms with Gasteiger partial charge in [-0.25, -0.2) is 8.42 Å². The summed E-state index contributed by atoms with van der Waals surface area (Å²) in [5.74, 6) is 0.716. The van der Waals surface area contributed by atoms with E-state index in [1.165, 1.54) is 4.57 Å². The normalized spacial score (nSPS) is 14.3. The van der Waals surface area contributed by atoms with E-state index in [-0.39, 0.29) is 33.3 Å². The minimum atomic E-state index is -3.56. The number of ether oxygens (including phenoxy) is 2. The standard InChI is InChI=1S/C31H36N4O6S/c1-5-32-30(36)26-17-24-25(19-34(4)31(37)28(24)33-26)23-16-22(42(38,39)6-2)10-11-27(23)41-29-20(3)8-7-9-21(29)18-35-12-14-40-15-13-35/h7-11,16-17,19,33H,5-6,12-15,18H2,1-4H3,(H,32,36). The van der Waals surface area contributed by atoms with Crippen LogP contribution in [0.3, 0.4) is 0 Å². The Morgan fingerprint density at radius 2 is 1.86 bits per heavy atom. The predicted molar refractivity (Wildman–Crippen MR) is 162 cm³/mol. The molecule has 0 saturated carbocycles. The number of nitrogens with zero attached hydrogens (tertiary/aromatic N) is 2. The maximum absolute atomic E-state index is 13.1. The van der Waals surface area contributed by atoms with Gasteiger partial charge in [0.1, 0.15) is 22.7 Å². The first-order valence-corrected chi connectivity index (χ1v) is 15.7. The number of aromatic nitrogens is 2. The number of aryl methyl sites for hydroxylation is 2. The van der Waals surface area contributed by atoms with Crippen LogP contribution in [-0.2, 0) is 28.2 Å². The van der Waals surface area contributed by atoms with Crippen LogP contribution in [0.5, 0.6) is 11.5 Å². The molecule has 1 aliphatic heterocycles. The molecule has 0 aliphatic carbocycles. The summed E-state index contributed by atoms with van der Waals surface area (Å²) in [4.78, 5) is 31.2. The van der Waals surface area contributed by atoms with E-state index in [2.05, 4.69) is 15.2 Å². The number of hydrogen-bond donors (Lipinski definition) is 2. The first kappa shape index (κ1) is 29.6. The lowest BCUT2D eigenvalue weighted by Crippen LogP contribution is -2.35. The summed E-state index contributed by atoms with van der Waals surface area (Å²) in [5.41, 5.74) is 3.16. The lowest BCUT2D eigenvalue weighted by molar-refractivity contribution is 0.0339. The molecule has 0 bridgehead atoms. The molecule has 1 fully saturated rings. The van der Waals surface area contributed by atoms with Crippen molar-refractivity contribution in [2.75, 3.05) is 38.6 Å². The number of carbonyl (C=O) groups excluding carboxylic acids is 1. The van der Waals surface area contributed by atoms with Gasteiger partial charge in [-0.15, -0.1) is 0 Å². The Labute approximate surface area is 245 Å². The fraction of sp³-hybridized carbons (Fsp3) is 0.355. The van der Waals surface area contributed by atoms with Crippen LogP contribution in [0.1, 0.15) is 35.5 Å². The second-order valence-electron chi connectivity index (χ2n) is 10.4. The topological polar surface area (TPSA) is 123 Å². The molecule has 2 N–H and O–H groups in total. The Kier molecular flexibility index (Phi) is 8.53. The summed E-state index contributed by atoms with van der Waals surface area (Å²) < 4.78 is 39.5. The van der Waals surface area contributed by atoms with Crippen LogP contribution in [0.4, 0.5) is 0 Å². The number of morpholine rings is 1. The molecule has 3 heterocycles. The van der Waals surface area contributed by atoms with Gasteiger partial charge in [-0.05, 0) is 43.7 Å². The molecule has 0 radical (unpaired) electrons. The third-order valence-electron chi connectivity index (χ3n) is 7.53.